The normalized spacial score (nSPS) is 17.1. The summed E-state index contributed by atoms with van der Waals surface area (Å²) in [6.45, 7) is 9.76. The van der Waals surface area contributed by atoms with E-state index in [9.17, 15) is 4.79 Å². The summed E-state index contributed by atoms with van der Waals surface area (Å²) in [5.74, 6) is 0.302. The Bertz CT molecular complexity index is 392. The Morgan fingerprint density at radius 2 is 2.00 bits per heavy atom. The van der Waals surface area contributed by atoms with Crippen molar-refractivity contribution in [2.75, 3.05) is 31.1 Å². The van der Waals surface area contributed by atoms with Crippen molar-refractivity contribution < 1.29 is 4.79 Å². The third-order valence-corrected chi connectivity index (χ3v) is 4.78. The zero-order valence-corrected chi connectivity index (χ0v) is 12.3. The van der Waals surface area contributed by atoms with Crippen molar-refractivity contribution in [3.8, 4) is 0 Å². The van der Waals surface area contributed by atoms with Gasteiger partial charge in [0.15, 0.2) is 0 Å². The Labute approximate surface area is 113 Å². The van der Waals surface area contributed by atoms with E-state index in [0.717, 1.165) is 32.6 Å². The first-order valence-electron chi connectivity index (χ1n) is 6.62. The summed E-state index contributed by atoms with van der Waals surface area (Å²) in [6, 6.07) is 4.23. The first-order chi connectivity index (χ1) is 8.54. The number of anilines is 1. The van der Waals surface area contributed by atoms with Gasteiger partial charge in [-0.2, -0.15) is 0 Å². The minimum absolute atomic E-state index is 0.217. The third-order valence-electron chi connectivity index (χ3n) is 3.85. The van der Waals surface area contributed by atoms with Crippen LogP contribution in [0.4, 0.5) is 5.00 Å². The zero-order chi connectivity index (χ0) is 13.2. The predicted octanol–water partition coefficient (Wildman–Crippen LogP) is 2.83. The predicted molar refractivity (Wildman–Crippen MR) is 77.2 cm³/mol. The second kappa shape index (κ2) is 5.31. The molecule has 0 aromatic carbocycles. The summed E-state index contributed by atoms with van der Waals surface area (Å²) in [4.78, 5) is 16.7. The fourth-order valence-electron chi connectivity index (χ4n) is 2.16. The molecule has 1 aromatic heterocycles. The van der Waals surface area contributed by atoms with Crippen molar-refractivity contribution in [3.63, 3.8) is 0 Å². The number of hydrogen-bond acceptors (Lipinski definition) is 3. The number of carbonyl (C=O) groups excluding carboxylic acids is 1. The summed E-state index contributed by atoms with van der Waals surface area (Å²) < 4.78 is 0. The van der Waals surface area contributed by atoms with Gasteiger partial charge in [0.05, 0.1) is 5.00 Å². The van der Waals surface area contributed by atoms with Gasteiger partial charge in [0, 0.05) is 31.6 Å². The molecule has 18 heavy (non-hydrogen) atoms. The van der Waals surface area contributed by atoms with Gasteiger partial charge in [-0.05, 0) is 23.9 Å². The highest BCUT2D eigenvalue weighted by atomic mass is 32.1. The van der Waals surface area contributed by atoms with Gasteiger partial charge in [0.2, 0.25) is 5.91 Å². The highest BCUT2D eigenvalue weighted by Crippen LogP contribution is 2.26. The van der Waals surface area contributed by atoms with Crippen molar-refractivity contribution in [3.05, 3.63) is 17.5 Å². The van der Waals surface area contributed by atoms with Crippen LogP contribution in [-0.2, 0) is 4.79 Å². The molecule has 2 rings (SSSR count). The van der Waals surface area contributed by atoms with E-state index in [4.69, 9.17) is 0 Å². The van der Waals surface area contributed by atoms with E-state index in [1.54, 1.807) is 11.3 Å². The maximum absolute atomic E-state index is 12.4. The second-order valence-electron chi connectivity index (χ2n) is 5.47. The van der Waals surface area contributed by atoms with Gasteiger partial charge in [0.25, 0.3) is 0 Å². The van der Waals surface area contributed by atoms with Crippen LogP contribution in [0.3, 0.4) is 0 Å². The molecule has 4 heteroatoms. The molecule has 0 atom stereocenters. The molecule has 0 spiro atoms. The lowest BCUT2D eigenvalue weighted by Gasteiger charge is -2.38. The molecular formula is C14H22N2OS. The molecule has 0 N–H and O–H groups in total. The molecule has 2 heterocycles. The lowest BCUT2D eigenvalue weighted by atomic mass is 9.88. The van der Waals surface area contributed by atoms with Crippen LogP contribution >= 0.6 is 11.3 Å². The van der Waals surface area contributed by atoms with E-state index >= 15 is 0 Å². The highest BCUT2D eigenvalue weighted by molar-refractivity contribution is 7.14. The van der Waals surface area contributed by atoms with Crippen molar-refractivity contribution in [2.24, 2.45) is 5.41 Å². The Morgan fingerprint density at radius 1 is 1.33 bits per heavy atom. The summed E-state index contributed by atoms with van der Waals surface area (Å²) in [5.41, 5.74) is -0.217. The van der Waals surface area contributed by atoms with E-state index in [0.29, 0.717) is 5.91 Å². The number of nitrogens with zero attached hydrogens (tertiary/aromatic N) is 2. The number of thiophene rings is 1. The van der Waals surface area contributed by atoms with Gasteiger partial charge in [-0.15, -0.1) is 11.3 Å². The van der Waals surface area contributed by atoms with E-state index in [1.807, 2.05) is 18.7 Å². The summed E-state index contributed by atoms with van der Waals surface area (Å²) in [6.07, 6.45) is 0.900. The van der Waals surface area contributed by atoms with Gasteiger partial charge < -0.3 is 9.80 Å². The topological polar surface area (TPSA) is 23.6 Å². The molecule has 1 aliphatic heterocycles. The van der Waals surface area contributed by atoms with E-state index in [1.165, 1.54) is 5.00 Å². The van der Waals surface area contributed by atoms with Crippen molar-refractivity contribution >= 4 is 22.2 Å². The first-order valence-corrected chi connectivity index (χ1v) is 7.50. The molecule has 1 aliphatic rings. The average molecular weight is 266 g/mol. The van der Waals surface area contributed by atoms with E-state index in [-0.39, 0.29) is 5.41 Å². The second-order valence-corrected chi connectivity index (χ2v) is 6.39. The molecule has 3 nitrogen and oxygen atoms in total. The van der Waals surface area contributed by atoms with Crippen LogP contribution in [0.15, 0.2) is 17.5 Å². The Balaban J connectivity index is 1.93. The molecule has 0 radical (unpaired) electrons. The molecule has 1 amide bonds. The largest absolute Gasteiger partial charge is 0.360 e. The van der Waals surface area contributed by atoms with Crippen LogP contribution in [0.1, 0.15) is 27.2 Å². The standard InChI is InChI=1S/C14H22N2OS/c1-4-14(2,3)13(17)16-9-7-15(8-10-16)12-6-5-11-18-12/h5-6,11H,4,7-10H2,1-3H3. The lowest BCUT2D eigenvalue weighted by molar-refractivity contribution is -0.140. The molecule has 100 valence electrons. The molecule has 1 aromatic rings. The average Bonchev–Trinajstić information content (AvgIpc) is 2.92. The smallest absolute Gasteiger partial charge is 0.228 e. The molecular weight excluding hydrogens is 244 g/mol. The Hall–Kier alpha value is -1.03. The first kappa shape index (κ1) is 13.4. The number of carbonyl (C=O) groups is 1. The van der Waals surface area contributed by atoms with Crippen LogP contribution in [0.2, 0.25) is 0 Å². The van der Waals surface area contributed by atoms with Crippen molar-refractivity contribution in [1.82, 2.24) is 4.90 Å². The zero-order valence-electron chi connectivity index (χ0n) is 11.5. The van der Waals surface area contributed by atoms with Crippen LogP contribution in [-0.4, -0.2) is 37.0 Å². The van der Waals surface area contributed by atoms with Crippen LogP contribution in [0.25, 0.3) is 0 Å². The molecule has 0 aliphatic carbocycles. The molecule has 0 unspecified atom stereocenters. The number of piperazine rings is 1. The SMILES string of the molecule is CCC(C)(C)C(=O)N1CCN(c2cccs2)CC1. The minimum atomic E-state index is -0.217. The monoisotopic (exact) mass is 266 g/mol. The summed E-state index contributed by atoms with van der Waals surface area (Å²) in [7, 11) is 0. The van der Waals surface area contributed by atoms with Gasteiger partial charge in [-0.25, -0.2) is 0 Å². The summed E-state index contributed by atoms with van der Waals surface area (Å²) >= 11 is 1.77. The Morgan fingerprint density at radius 3 is 2.50 bits per heavy atom. The Kier molecular flexibility index (Phi) is 3.95. The number of hydrogen-bond donors (Lipinski definition) is 0. The van der Waals surface area contributed by atoms with Crippen LogP contribution in [0.5, 0.6) is 0 Å². The van der Waals surface area contributed by atoms with Crippen molar-refractivity contribution in [1.29, 1.82) is 0 Å². The van der Waals surface area contributed by atoms with Gasteiger partial charge >= 0.3 is 0 Å². The van der Waals surface area contributed by atoms with E-state index < -0.39 is 0 Å². The lowest BCUT2D eigenvalue weighted by Crippen LogP contribution is -2.52. The molecule has 1 saturated heterocycles. The van der Waals surface area contributed by atoms with Gasteiger partial charge in [-0.1, -0.05) is 20.8 Å². The maximum Gasteiger partial charge on any atom is 0.228 e. The minimum Gasteiger partial charge on any atom is -0.360 e. The maximum atomic E-state index is 12.4. The number of amides is 1. The summed E-state index contributed by atoms with van der Waals surface area (Å²) in [5, 5.41) is 3.42. The van der Waals surface area contributed by atoms with E-state index in [2.05, 4.69) is 29.3 Å². The quantitative estimate of drug-likeness (QED) is 0.840. The highest BCUT2D eigenvalue weighted by Gasteiger charge is 2.32. The fraction of sp³-hybridized carbons (Fsp3) is 0.643. The number of rotatable bonds is 3. The molecule has 0 saturated carbocycles. The third kappa shape index (κ3) is 2.69. The van der Waals surface area contributed by atoms with Gasteiger partial charge in [0.1, 0.15) is 0 Å². The molecule has 1 fully saturated rings. The van der Waals surface area contributed by atoms with Crippen LogP contribution in [0, 0.1) is 5.41 Å². The van der Waals surface area contributed by atoms with Gasteiger partial charge in [-0.3, -0.25) is 4.79 Å². The van der Waals surface area contributed by atoms with Crippen molar-refractivity contribution in [2.45, 2.75) is 27.2 Å². The fourth-order valence-corrected chi connectivity index (χ4v) is 2.94. The molecule has 0 bridgehead atoms. The van der Waals surface area contributed by atoms with Crippen LogP contribution < -0.4 is 4.90 Å².